The average Bonchev–Trinajstić information content (AvgIpc) is 3.11. The lowest BCUT2D eigenvalue weighted by Gasteiger charge is -2.12. The van der Waals surface area contributed by atoms with Crippen molar-refractivity contribution in [1.82, 2.24) is 4.90 Å². The number of likely N-dealkylation sites (N-methyl/N-ethyl adjacent to an activating group) is 1. The number of nitrogens with zero attached hydrogens (tertiary/aromatic N) is 1. The second-order valence-corrected chi connectivity index (χ2v) is 5.84. The molecule has 136 valence electrons. The van der Waals surface area contributed by atoms with Crippen LogP contribution in [-0.4, -0.2) is 44.2 Å². The van der Waals surface area contributed by atoms with Crippen LogP contribution in [-0.2, 0) is 22.4 Å². The highest BCUT2D eigenvalue weighted by atomic mass is 16.5. The summed E-state index contributed by atoms with van der Waals surface area (Å²) in [6.45, 7) is 11.5. The van der Waals surface area contributed by atoms with Crippen molar-refractivity contribution < 1.29 is 9.53 Å². The second kappa shape index (κ2) is 11.2. The fourth-order valence-corrected chi connectivity index (χ4v) is 2.90. The molecule has 1 fully saturated rings. The van der Waals surface area contributed by atoms with Gasteiger partial charge in [0.1, 0.15) is 0 Å². The molecule has 1 atom stereocenters. The largest absolute Gasteiger partial charge is 0.381 e. The van der Waals surface area contributed by atoms with Crippen LogP contribution in [0.5, 0.6) is 0 Å². The lowest BCUT2D eigenvalue weighted by atomic mass is 10.0. The molecule has 0 aromatic heterocycles. The number of carbonyl (C=O) groups is 1. The van der Waals surface area contributed by atoms with E-state index in [0.29, 0.717) is 13.2 Å². The summed E-state index contributed by atoms with van der Waals surface area (Å²) in [6, 6.07) is 6.33. The quantitative estimate of drug-likeness (QED) is 0.896. The molecule has 1 N–H and O–H groups in total. The van der Waals surface area contributed by atoms with Crippen LogP contribution in [0.3, 0.4) is 0 Å². The third kappa shape index (κ3) is 5.91. The molecule has 0 aliphatic carbocycles. The molecule has 0 radical (unpaired) electrons. The van der Waals surface area contributed by atoms with Gasteiger partial charge in [-0.2, -0.15) is 0 Å². The van der Waals surface area contributed by atoms with Crippen molar-refractivity contribution in [2.45, 2.75) is 47.0 Å². The maximum atomic E-state index is 12.1. The molecule has 1 aromatic rings. The first-order valence-corrected chi connectivity index (χ1v) is 9.41. The average molecular weight is 335 g/mol. The van der Waals surface area contributed by atoms with Crippen molar-refractivity contribution in [2.24, 2.45) is 5.92 Å². The molecule has 3 rings (SSSR count). The molecule has 0 saturated carbocycles. The second-order valence-electron chi connectivity index (χ2n) is 5.84. The zero-order chi connectivity index (χ0) is 17.9. The number of carbonyl (C=O) groups excluding carboxylic acids is 1. The van der Waals surface area contributed by atoms with Crippen LogP contribution in [0.1, 0.15) is 45.2 Å². The molecule has 2 aliphatic heterocycles. The van der Waals surface area contributed by atoms with Gasteiger partial charge >= 0.3 is 0 Å². The van der Waals surface area contributed by atoms with E-state index in [4.69, 9.17) is 4.74 Å². The molecule has 24 heavy (non-hydrogen) atoms. The molecule has 2 aliphatic rings. The Kier molecular flexibility index (Phi) is 9.65. The summed E-state index contributed by atoms with van der Waals surface area (Å²) in [6.07, 6.45) is 2.99. The number of hydrogen-bond donors (Lipinski definition) is 1. The van der Waals surface area contributed by atoms with Gasteiger partial charge in [-0.25, -0.2) is 0 Å². The van der Waals surface area contributed by atoms with Crippen LogP contribution >= 0.6 is 0 Å². The number of benzene rings is 1. The minimum absolute atomic E-state index is 0.0138. The van der Waals surface area contributed by atoms with Gasteiger partial charge in [0.2, 0.25) is 5.91 Å². The topological polar surface area (TPSA) is 41.6 Å². The summed E-state index contributed by atoms with van der Waals surface area (Å²) in [5, 5.41) is 3.03. The highest BCUT2D eigenvalue weighted by Crippen LogP contribution is 2.21. The van der Waals surface area contributed by atoms with Crippen LogP contribution < -0.4 is 5.32 Å². The SMILES string of the molecule is CC.CC.CN1CCc2ccc(NC(=O)C3CCOC3)cc2CC1. The van der Waals surface area contributed by atoms with Gasteiger partial charge < -0.3 is 15.0 Å². The first-order chi connectivity index (χ1) is 11.7. The molecule has 1 saturated heterocycles. The Morgan fingerprint density at radius 3 is 2.42 bits per heavy atom. The van der Waals surface area contributed by atoms with Crippen molar-refractivity contribution in [3.63, 3.8) is 0 Å². The number of anilines is 1. The summed E-state index contributed by atoms with van der Waals surface area (Å²) in [5.74, 6) is 0.105. The van der Waals surface area contributed by atoms with E-state index in [-0.39, 0.29) is 11.8 Å². The molecule has 0 bridgehead atoms. The lowest BCUT2D eigenvalue weighted by Crippen LogP contribution is -2.22. The molecule has 4 heteroatoms. The fraction of sp³-hybridized carbons (Fsp3) is 0.650. The maximum absolute atomic E-state index is 12.1. The Morgan fingerprint density at radius 1 is 1.12 bits per heavy atom. The molecule has 2 heterocycles. The van der Waals surface area contributed by atoms with Crippen LogP contribution in [0.4, 0.5) is 5.69 Å². The van der Waals surface area contributed by atoms with E-state index < -0.39 is 0 Å². The molecule has 4 nitrogen and oxygen atoms in total. The zero-order valence-corrected chi connectivity index (χ0v) is 16.0. The van der Waals surface area contributed by atoms with Gasteiger partial charge in [-0.1, -0.05) is 33.8 Å². The molecule has 0 spiro atoms. The minimum Gasteiger partial charge on any atom is -0.381 e. The van der Waals surface area contributed by atoms with Crippen LogP contribution in [0.2, 0.25) is 0 Å². The highest BCUT2D eigenvalue weighted by molar-refractivity contribution is 5.92. The Hall–Kier alpha value is -1.39. The number of amides is 1. The molecule has 1 amide bonds. The van der Waals surface area contributed by atoms with E-state index in [1.807, 2.05) is 33.8 Å². The van der Waals surface area contributed by atoms with E-state index in [0.717, 1.165) is 38.0 Å². The summed E-state index contributed by atoms with van der Waals surface area (Å²) in [5.41, 5.74) is 3.71. The van der Waals surface area contributed by atoms with E-state index in [1.165, 1.54) is 11.1 Å². The predicted octanol–water partition coefficient (Wildman–Crippen LogP) is 3.74. The lowest BCUT2D eigenvalue weighted by molar-refractivity contribution is -0.119. The van der Waals surface area contributed by atoms with Gasteiger partial charge in [-0.3, -0.25) is 4.79 Å². The first-order valence-electron chi connectivity index (χ1n) is 9.41. The van der Waals surface area contributed by atoms with E-state index in [1.54, 1.807) is 0 Å². The highest BCUT2D eigenvalue weighted by Gasteiger charge is 2.23. The zero-order valence-electron chi connectivity index (χ0n) is 16.0. The van der Waals surface area contributed by atoms with Gasteiger partial charge in [0.05, 0.1) is 12.5 Å². The monoisotopic (exact) mass is 334 g/mol. The maximum Gasteiger partial charge on any atom is 0.229 e. The smallest absolute Gasteiger partial charge is 0.229 e. The number of rotatable bonds is 2. The van der Waals surface area contributed by atoms with Gasteiger partial charge in [-0.05, 0) is 49.6 Å². The predicted molar refractivity (Wildman–Crippen MR) is 102 cm³/mol. The van der Waals surface area contributed by atoms with E-state index in [2.05, 4.69) is 29.4 Å². The number of ether oxygens (including phenoxy) is 1. The first kappa shape index (κ1) is 20.7. The summed E-state index contributed by atoms with van der Waals surface area (Å²) in [7, 11) is 2.16. The van der Waals surface area contributed by atoms with Crippen molar-refractivity contribution in [3.05, 3.63) is 29.3 Å². The molecule has 1 unspecified atom stereocenters. The van der Waals surface area contributed by atoms with Crippen molar-refractivity contribution >= 4 is 11.6 Å². The van der Waals surface area contributed by atoms with Crippen LogP contribution in [0.25, 0.3) is 0 Å². The van der Waals surface area contributed by atoms with Gasteiger partial charge in [0.25, 0.3) is 0 Å². The van der Waals surface area contributed by atoms with Gasteiger partial charge in [0.15, 0.2) is 0 Å². The number of hydrogen-bond acceptors (Lipinski definition) is 3. The Labute approximate surface area is 147 Å². The Bertz CT molecular complexity index is 496. The third-order valence-electron chi connectivity index (χ3n) is 4.30. The third-order valence-corrected chi connectivity index (χ3v) is 4.30. The van der Waals surface area contributed by atoms with E-state index >= 15 is 0 Å². The summed E-state index contributed by atoms with van der Waals surface area (Å²) < 4.78 is 5.27. The standard InChI is InChI=1S/C16H22N2O2.2C2H6/c1-18-7-4-12-2-3-15(10-13(12)5-8-18)17-16(19)14-6-9-20-11-14;2*1-2/h2-3,10,14H,4-9,11H2,1H3,(H,17,19);2*1-2H3. The molecular formula is C20H34N2O2. The number of fused-ring (bicyclic) bond motifs is 1. The number of nitrogens with one attached hydrogen (secondary N) is 1. The Morgan fingerprint density at radius 2 is 1.79 bits per heavy atom. The van der Waals surface area contributed by atoms with Gasteiger partial charge in [0, 0.05) is 25.4 Å². The summed E-state index contributed by atoms with van der Waals surface area (Å²) >= 11 is 0. The van der Waals surface area contributed by atoms with Crippen LogP contribution in [0, 0.1) is 5.92 Å². The van der Waals surface area contributed by atoms with Crippen molar-refractivity contribution in [2.75, 3.05) is 38.7 Å². The van der Waals surface area contributed by atoms with Crippen molar-refractivity contribution in [1.29, 1.82) is 0 Å². The van der Waals surface area contributed by atoms with E-state index in [9.17, 15) is 4.79 Å². The van der Waals surface area contributed by atoms with Crippen molar-refractivity contribution in [3.8, 4) is 0 Å². The minimum atomic E-state index is 0.0138. The molecular weight excluding hydrogens is 300 g/mol. The Balaban J connectivity index is 0.000000671. The summed E-state index contributed by atoms with van der Waals surface area (Å²) in [4.78, 5) is 14.5. The van der Waals surface area contributed by atoms with Gasteiger partial charge in [-0.15, -0.1) is 0 Å². The fourth-order valence-electron chi connectivity index (χ4n) is 2.90. The molecule has 1 aromatic carbocycles. The normalized spacial score (nSPS) is 19.8. The van der Waals surface area contributed by atoms with Crippen LogP contribution in [0.15, 0.2) is 18.2 Å².